The normalized spacial score (nSPS) is 18.6. The van der Waals surface area contributed by atoms with Crippen molar-refractivity contribution in [1.29, 1.82) is 0 Å². The number of carbonyl (C=O) groups is 2. The Hall–Kier alpha value is -2.75. The number of nitrogens with zero attached hydrogens (tertiary/aromatic N) is 1. The number of rotatable bonds is 6. The van der Waals surface area contributed by atoms with E-state index in [9.17, 15) is 9.59 Å². The third-order valence-corrected chi connectivity index (χ3v) is 4.74. The van der Waals surface area contributed by atoms with Crippen LogP contribution in [0.15, 0.2) is 52.0 Å². The van der Waals surface area contributed by atoms with E-state index in [2.05, 4.69) is 37.3 Å². The number of hydrazone groups is 1. The lowest BCUT2D eigenvalue weighted by atomic mass is 10.1. The van der Waals surface area contributed by atoms with Crippen LogP contribution in [0.25, 0.3) is 0 Å². The molecule has 3 N–H and O–H groups in total. The Kier molecular flexibility index (Phi) is 6.97. The predicted octanol–water partition coefficient (Wildman–Crippen LogP) is 2.38. The van der Waals surface area contributed by atoms with E-state index in [0.29, 0.717) is 23.3 Å². The topological polar surface area (TPSA) is 101 Å². The molecule has 2 aromatic carbocycles. The molecule has 0 aromatic heterocycles. The van der Waals surface area contributed by atoms with Gasteiger partial charge in [-0.05, 0) is 55.3 Å². The van der Waals surface area contributed by atoms with Crippen LogP contribution in [0.3, 0.4) is 0 Å². The molecule has 0 aliphatic carbocycles. The molecule has 1 aliphatic rings. The Labute approximate surface area is 176 Å². The average molecular weight is 461 g/mol. The summed E-state index contributed by atoms with van der Waals surface area (Å²) in [5.74, 6) is -0.0530. The zero-order valence-corrected chi connectivity index (χ0v) is 17.5. The van der Waals surface area contributed by atoms with Crippen molar-refractivity contribution in [2.45, 2.75) is 25.4 Å². The first-order valence-electron chi connectivity index (χ1n) is 8.96. The Morgan fingerprint density at radius 3 is 2.72 bits per heavy atom. The van der Waals surface area contributed by atoms with Gasteiger partial charge in [0, 0.05) is 10.5 Å². The third-order valence-electron chi connectivity index (χ3n) is 4.25. The van der Waals surface area contributed by atoms with Gasteiger partial charge in [0.25, 0.3) is 5.91 Å². The summed E-state index contributed by atoms with van der Waals surface area (Å²) in [6.07, 6.45) is 2.18. The second-order valence-corrected chi connectivity index (χ2v) is 7.44. The zero-order valence-electron chi connectivity index (χ0n) is 15.9. The molecule has 0 saturated carbocycles. The van der Waals surface area contributed by atoms with Crippen LogP contribution < -0.4 is 25.8 Å². The fraction of sp³-hybridized carbons (Fsp3) is 0.250. The monoisotopic (exact) mass is 460 g/mol. The zero-order chi connectivity index (χ0) is 20.8. The highest BCUT2D eigenvalue weighted by Crippen LogP contribution is 2.28. The maximum atomic E-state index is 12.3. The number of hydrogen-bond acceptors (Lipinski definition) is 7. The number of esters is 1. The van der Waals surface area contributed by atoms with Gasteiger partial charge in [-0.15, -0.1) is 0 Å². The molecule has 1 amide bonds. The van der Waals surface area contributed by atoms with E-state index in [1.165, 1.54) is 13.3 Å². The number of methoxy groups -OCH3 is 1. The number of carbonyl (C=O) groups excluding carboxylic acids is 2. The van der Waals surface area contributed by atoms with E-state index < -0.39 is 5.97 Å². The second kappa shape index (κ2) is 9.64. The van der Waals surface area contributed by atoms with Crippen LogP contribution >= 0.6 is 15.9 Å². The van der Waals surface area contributed by atoms with Gasteiger partial charge in [0.15, 0.2) is 11.5 Å². The molecule has 1 heterocycles. The van der Waals surface area contributed by atoms with E-state index in [4.69, 9.17) is 9.47 Å². The molecule has 1 aliphatic heterocycles. The van der Waals surface area contributed by atoms with Crippen molar-refractivity contribution < 1.29 is 19.1 Å². The minimum Gasteiger partial charge on any atom is -0.493 e. The van der Waals surface area contributed by atoms with Crippen molar-refractivity contribution in [3.8, 4) is 11.5 Å². The number of amides is 1. The molecule has 0 spiro atoms. The number of hydrazine groups is 1. The van der Waals surface area contributed by atoms with Gasteiger partial charge in [0.05, 0.1) is 18.9 Å². The van der Waals surface area contributed by atoms with Crippen molar-refractivity contribution in [3.63, 3.8) is 0 Å². The molecule has 29 heavy (non-hydrogen) atoms. The molecular weight excluding hydrogens is 440 g/mol. The maximum Gasteiger partial charge on any atom is 0.343 e. The smallest absolute Gasteiger partial charge is 0.343 e. The van der Waals surface area contributed by atoms with Crippen LogP contribution in [0.5, 0.6) is 11.5 Å². The summed E-state index contributed by atoms with van der Waals surface area (Å²) in [7, 11) is 1.48. The summed E-state index contributed by atoms with van der Waals surface area (Å²) in [4.78, 5) is 24.4. The van der Waals surface area contributed by atoms with Crippen LogP contribution in [-0.4, -0.2) is 37.3 Å². The van der Waals surface area contributed by atoms with Crippen LogP contribution in [0.2, 0.25) is 0 Å². The lowest BCUT2D eigenvalue weighted by Crippen LogP contribution is -2.41. The molecule has 3 rings (SSSR count). The van der Waals surface area contributed by atoms with Gasteiger partial charge in [0.1, 0.15) is 6.04 Å². The fourth-order valence-corrected chi connectivity index (χ4v) is 3.16. The Morgan fingerprint density at radius 1 is 1.21 bits per heavy atom. The predicted molar refractivity (Wildman–Crippen MR) is 112 cm³/mol. The summed E-state index contributed by atoms with van der Waals surface area (Å²) in [5, 5.41) is 3.97. The molecular formula is C20H21BrN4O4. The molecule has 1 fully saturated rings. The number of hydrogen-bond donors (Lipinski definition) is 3. The van der Waals surface area contributed by atoms with Crippen LogP contribution in [0.1, 0.15) is 29.3 Å². The van der Waals surface area contributed by atoms with Gasteiger partial charge in [0.2, 0.25) is 0 Å². The molecule has 152 valence electrons. The number of benzene rings is 2. The third kappa shape index (κ3) is 5.63. The largest absolute Gasteiger partial charge is 0.493 e. The number of ether oxygens (including phenoxy) is 2. The minimum absolute atomic E-state index is 0.218. The van der Waals surface area contributed by atoms with Crippen LogP contribution in [-0.2, 0) is 4.79 Å². The molecule has 9 heteroatoms. The Morgan fingerprint density at radius 2 is 2.03 bits per heavy atom. The summed E-state index contributed by atoms with van der Waals surface area (Å²) in [6.45, 7) is 1.99. The van der Waals surface area contributed by atoms with E-state index in [0.717, 1.165) is 4.47 Å². The van der Waals surface area contributed by atoms with E-state index >= 15 is 0 Å². The van der Waals surface area contributed by atoms with Crippen LogP contribution in [0, 0.1) is 0 Å². The average Bonchev–Trinajstić information content (AvgIpc) is 3.15. The summed E-state index contributed by atoms with van der Waals surface area (Å²) in [6, 6.07) is 11.8. The first-order valence-corrected chi connectivity index (χ1v) is 9.75. The van der Waals surface area contributed by atoms with Gasteiger partial charge in [-0.3, -0.25) is 10.2 Å². The van der Waals surface area contributed by atoms with Crippen molar-refractivity contribution in [2.24, 2.45) is 5.10 Å². The highest BCUT2D eigenvalue weighted by molar-refractivity contribution is 9.10. The Balaban J connectivity index is 1.63. The summed E-state index contributed by atoms with van der Waals surface area (Å²) < 4.78 is 11.5. The summed E-state index contributed by atoms with van der Waals surface area (Å²) in [5.41, 5.74) is 9.49. The molecule has 2 aromatic rings. The fourth-order valence-electron chi connectivity index (χ4n) is 2.76. The minimum atomic E-state index is -0.495. The number of halogens is 1. The first kappa shape index (κ1) is 21.0. The van der Waals surface area contributed by atoms with Gasteiger partial charge >= 0.3 is 5.97 Å². The lowest BCUT2D eigenvalue weighted by Gasteiger charge is -2.10. The standard InChI is InChI=1S/C20H21BrN4O4/c1-12-8-16(24-23-12)19(26)25-22-11-13-6-7-17(18(9-13)28-2)29-20(27)14-4-3-5-15(21)10-14/h3-7,9-12,16,23-24H,8H2,1-2H3,(H,25,26)/b22-11+. The SMILES string of the molecule is COc1cc(/C=N/NC(=O)C2CC(C)NN2)ccc1OC(=O)c1cccc(Br)c1. The van der Waals surface area contributed by atoms with Crippen molar-refractivity contribution in [2.75, 3.05) is 7.11 Å². The highest BCUT2D eigenvalue weighted by atomic mass is 79.9. The second-order valence-electron chi connectivity index (χ2n) is 6.52. The molecule has 0 radical (unpaired) electrons. The number of nitrogens with one attached hydrogen (secondary N) is 3. The molecule has 8 nitrogen and oxygen atoms in total. The maximum absolute atomic E-state index is 12.3. The van der Waals surface area contributed by atoms with Crippen molar-refractivity contribution in [1.82, 2.24) is 16.3 Å². The van der Waals surface area contributed by atoms with Crippen LogP contribution in [0.4, 0.5) is 0 Å². The van der Waals surface area contributed by atoms with Gasteiger partial charge in [-0.25, -0.2) is 15.6 Å². The lowest BCUT2D eigenvalue weighted by molar-refractivity contribution is -0.122. The van der Waals surface area contributed by atoms with E-state index in [1.807, 2.05) is 13.0 Å². The molecule has 2 unspecified atom stereocenters. The molecule has 2 atom stereocenters. The highest BCUT2D eigenvalue weighted by Gasteiger charge is 2.26. The first-order chi connectivity index (χ1) is 14.0. The van der Waals surface area contributed by atoms with E-state index in [1.54, 1.807) is 36.4 Å². The molecule has 0 bridgehead atoms. The molecule has 1 saturated heterocycles. The van der Waals surface area contributed by atoms with Gasteiger partial charge in [-0.2, -0.15) is 5.10 Å². The van der Waals surface area contributed by atoms with Crippen molar-refractivity contribution in [3.05, 3.63) is 58.1 Å². The van der Waals surface area contributed by atoms with Gasteiger partial charge in [-0.1, -0.05) is 22.0 Å². The van der Waals surface area contributed by atoms with Crippen molar-refractivity contribution >= 4 is 34.0 Å². The van der Waals surface area contributed by atoms with Gasteiger partial charge < -0.3 is 9.47 Å². The Bertz CT molecular complexity index is 934. The summed E-state index contributed by atoms with van der Waals surface area (Å²) >= 11 is 3.33. The van der Waals surface area contributed by atoms with E-state index in [-0.39, 0.29) is 23.7 Å². The quantitative estimate of drug-likeness (QED) is 0.264.